The summed E-state index contributed by atoms with van der Waals surface area (Å²) in [6.45, 7) is 7.79. The van der Waals surface area contributed by atoms with Gasteiger partial charge in [-0.25, -0.2) is 4.79 Å². The summed E-state index contributed by atoms with van der Waals surface area (Å²) in [5.74, 6) is -0.236. The highest BCUT2D eigenvalue weighted by Crippen LogP contribution is 2.11. The van der Waals surface area contributed by atoms with Crippen molar-refractivity contribution in [3.8, 4) is 0 Å². The Morgan fingerprint density at radius 1 is 0.815 bits per heavy atom. The molecule has 0 aromatic rings. The SMILES string of the molecule is CCCCCCCCCCCCCCOC(=O)COCCN1CCOCC1. The lowest BCUT2D eigenvalue weighted by Gasteiger charge is -2.26. The zero-order valence-electron chi connectivity index (χ0n) is 17.7. The zero-order valence-corrected chi connectivity index (χ0v) is 17.7. The van der Waals surface area contributed by atoms with Gasteiger partial charge in [0.1, 0.15) is 6.61 Å². The molecule has 0 N–H and O–H groups in total. The molecule has 1 heterocycles. The van der Waals surface area contributed by atoms with Crippen LogP contribution in [0.1, 0.15) is 84.0 Å². The molecular weight excluding hydrogens is 342 g/mol. The molecule has 0 spiro atoms. The van der Waals surface area contributed by atoms with E-state index in [1.807, 2.05) is 0 Å². The second kappa shape index (κ2) is 18.7. The van der Waals surface area contributed by atoms with Crippen LogP contribution >= 0.6 is 0 Å². The van der Waals surface area contributed by atoms with Crippen molar-refractivity contribution in [2.45, 2.75) is 84.0 Å². The minimum Gasteiger partial charge on any atom is -0.464 e. The van der Waals surface area contributed by atoms with Crippen LogP contribution in [-0.2, 0) is 19.0 Å². The van der Waals surface area contributed by atoms with Gasteiger partial charge in [0.15, 0.2) is 0 Å². The standard InChI is InChI=1S/C22H43NO4/c1-2-3-4-5-6-7-8-9-10-11-12-13-17-27-22(24)21-26-20-16-23-14-18-25-19-15-23/h2-21H2,1H3. The van der Waals surface area contributed by atoms with Gasteiger partial charge in [0.25, 0.3) is 0 Å². The fraction of sp³-hybridized carbons (Fsp3) is 0.955. The Morgan fingerprint density at radius 2 is 1.37 bits per heavy atom. The molecule has 5 nitrogen and oxygen atoms in total. The van der Waals surface area contributed by atoms with E-state index in [0.717, 1.165) is 45.7 Å². The smallest absolute Gasteiger partial charge is 0.332 e. The molecule has 27 heavy (non-hydrogen) atoms. The Hall–Kier alpha value is -0.650. The Labute approximate surface area is 167 Å². The second-order valence-electron chi connectivity index (χ2n) is 7.62. The Kier molecular flexibility index (Phi) is 16.9. The van der Waals surface area contributed by atoms with Crippen LogP contribution < -0.4 is 0 Å². The Bertz CT molecular complexity index is 332. The van der Waals surface area contributed by atoms with Gasteiger partial charge < -0.3 is 14.2 Å². The third-order valence-corrected chi connectivity index (χ3v) is 5.14. The first-order valence-electron chi connectivity index (χ1n) is 11.4. The molecule has 0 aromatic carbocycles. The Balaban J connectivity index is 1.74. The molecule has 0 aliphatic carbocycles. The van der Waals surface area contributed by atoms with Crippen molar-refractivity contribution >= 4 is 5.97 Å². The summed E-state index contributed by atoms with van der Waals surface area (Å²) in [7, 11) is 0. The van der Waals surface area contributed by atoms with Gasteiger partial charge in [0, 0.05) is 19.6 Å². The summed E-state index contributed by atoms with van der Waals surface area (Å²) in [6.07, 6.45) is 15.8. The predicted molar refractivity (Wildman–Crippen MR) is 110 cm³/mol. The van der Waals surface area contributed by atoms with Crippen LogP contribution in [0.4, 0.5) is 0 Å². The largest absolute Gasteiger partial charge is 0.464 e. The molecular formula is C22H43NO4. The number of rotatable bonds is 18. The van der Waals surface area contributed by atoms with Crippen molar-refractivity contribution in [2.24, 2.45) is 0 Å². The molecule has 1 rings (SSSR count). The van der Waals surface area contributed by atoms with E-state index in [9.17, 15) is 4.79 Å². The molecule has 0 unspecified atom stereocenters. The molecule has 0 aromatic heterocycles. The van der Waals surface area contributed by atoms with E-state index < -0.39 is 0 Å². The molecule has 0 radical (unpaired) electrons. The summed E-state index contributed by atoms with van der Waals surface area (Å²) >= 11 is 0. The lowest BCUT2D eigenvalue weighted by molar-refractivity contribution is -0.149. The van der Waals surface area contributed by atoms with Crippen LogP contribution in [0, 0.1) is 0 Å². The molecule has 1 saturated heterocycles. The molecule has 0 bridgehead atoms. The number of nitrogens with zero attached hydrogens (tertiary/aromatic N) is 1. The third kappa shape index (κ3) is 16.0. The number of ether oxygens (including phenoxy) is 3. The topological polar surface area (TPSA) is 48.0 Å². The second-order valence-corrected chi connectivity index (χ2v) is 7.62. The van der Waals surface area contributed by atoms with E-state index in [1.165, 1.54) is 64.2 Å². The molecule has 160 valence electrons. The molecule has 1 aliphatic rings. The van der Waals surface area contributed by atoms with Crippen molar-refractivity contribution in [3.63, 3.8) is 0 Å². The molecule has 1 fully saturated rings. The van der Waals surface area contributed by atoms with E-state index in [1.54, 1.807) is 0 Å². The highest BCUT2D eigenvalue weighted by atomic mass is 16.6. The van der Waals surface area contributed by atoms with Crippen LogP contribution in [0.2, 0.25) is 0 Å². The van der Waals surface area contributed by atoms with Gasteiger partial charge in [-0.2, -0.15) is 0 Å². The van der Waals surface area contributed by atoms with Crippen LogP contribution in [0.25, 0.3) is 0 Å². The molecule has 0 atom stereocenters. The fourth-order valence-electron chi connectivity index (χ4n) is 3.34. The lowest BCUT2D eigenvalue weighted by Crippen LogP contribution is -2.38. The van der Waals surface area contributed by atoms with Crippen molar-refractivity contribution in [2.75, 3.05) is 52.7 Å². The van der Waals surface area contributed by atoms with Gasteiger partial charge in [-0.15, -0.1) is 0 Å². The molecule has 0 amide bonds. The Morgan fingerprint density at radius 3 is 1.96 bits per heavy atom. The lowest BCUT2D eigenvalue weighted by atomic mass is 10.1. The van der Waals surface area contributed by atoms with Crippen molar-refractivity contribution in [1.82, 2.24) is 4.90 Å². The van der Waals surface area contributed by atoms with Crippen molar-refractivity contribution < 1.29 is 19.0 Å². The number of carbonyl (C=O) groups excluding carboxylic acids is 1. The number of esters is 1. The minimum absolute atomic E-state index is 0.0720. The van der Waals surface area contributed by atoms with E-state index >= 15 is 0 Å². The van der Waals surface area contributed by atoms with Gasteiger partial charge >= 0.3 is 5.97 Å². The first kappa shape index (κ1) is 24.4. The van der Waals surface area contributed by atoms with Gasteiger partial charge in [0.2, 0.25) is 0 Å². The zero-order chi connectivity index (χ0) is 19.4. The monoisotopic (exact) mass is 385 g/mol. The highest BCUT2D eigenvalue weighted by Gasteiger charge is 2.10. The number of unbranched alkanes of at least 4 members (excludes halogenated alkanes) is 11. The maximum atomic E-state index is 11.6. The normalized spacial score (nSPS) is 15.1. The molecule has 1 aliphatic heterocycles. The van der Waals surface area contributed by atoms with Gasteiger partial charge in [-0.3, -0.25) is 4.90 Å². The third-order valence-electron chi connectivity index (χ3n) is 5.14. The summed E-state index contributed by atoms with van der Waals surface area (Å²) in [5.41, 5.74) is 0. The fourth-order valence-corrected chi connectivity index (χ4v) is 3.34. The van der Waals surface area contributed by atoms with E-state index in [4.69, 9.17) is 14.2 Å². The van der Waals surface area contributed by atoms with E-state index in [0.29, 0.717) is 13.2 Å². The van der Waals surface area contributed by atoms with Crippen molar-refractivity contribution in [3.05, 3.63) is 0 Å². The maximum absolute atomic E-state index is 11.6. The minimum atomic E-state index is -0.236. The highest BCUT2D eigenvalue weighted by molar-refractivity contribution is 5.70. The summed E-state index contributed by atoms with van der Waals surface area (Å²) < 4.78 is 15.9. The summed E-state index contributed by atoms with van der Waals surface area (Å²) in [6, 6.07) is 0. The first-order chi connectivity index (χ1) is 13.3. The molecule has 0 saturated carbocycles. The van der Waals surface area contributed by atoms with Crippen LogP contribution in [0.5, 0.6) is 0 Å². The number of morpholine rings is 1. The number of hydrogen-bond donors (Lipinski definition) is 0. The van der Waals surface area contributed by atoms with Gasteiger partial charge in [0.05, 0.1) is 26.4 Å². The maximum Gasteiger partial charge on any atom is 0.332 e. The first-order valence-corrected chi connectivity index (χ1v) is 11.4. The number of hydrogen-bond acceptors (Lipinski definition) is 5. The van der Waals surface area contributed by atoms with Crippen LogP contribution in [0.15, 0.2) is 0 Å². The van der Waals surface area contributed by atoms with E-state index in [-0.39, 0.29) is 12.6 Å². The molecule has 5 heteroatoms. The summed E-state index contributed by atoms with van der Waals surface area (Å²) in [4.78, 5) is 13.9. The van der Waals surface area contributed by atoms with Gasteiger partial charge in [-0.05, 0) is 6.42 Å². The average molecular weight is 386 g/mol. The summed E-state index contributed by atoms with van der Waals surface area (Å²) in [5, 5.41) is 0. The van der Waals surface area contributed by atoms with Crippen LogP contribution in [-0.4, -0.2) is 63.5 Å². The van der Waals surface area contributed by atoms with E-state index in [2.05, 4.69) is 11.8 Å². The number of carbonyl (C=O) groups is 1. The van der Waals surface area contributed by atoms with Crippen molar-refractivity contribution in [1.29, 1.82) is 0 Å². The average Bonchev–Trinajstić information content (AvgIpc) is 2.69. The van der Waals surface area contributed by atoms with Crippen LogP contribution in [0.3, 0.4) is 0 Å². The quantitative estimate of drug-likeness (QED) is 0.255. The predicted octanol–water partition coefficient (Wildman–Crippen LogP) is 4.58. The van der Waals surface area contributed by atoms with Gasteiger partial charge in [-0.1, -0.05) is 77.6 Å².